The third-order valence-electron chi connectivity index (χ3n) is 3.78. The van der Waals surface area contributed by atoms with Crippen LogP contribution in [0, 0.1) is 17.5 Å². The van der Waals surface area contributed by atoms with Crippen LogP contribution in [0.3, 0.4) is 0 Å². The van der Waals surface area contributed by atoms with E-state index < -0.39 is 23.0 Å². The molecule has 0 saturated heterocycles. The summed E-state index contributed by atoms with van der Waals surface area (Å²) < 4.78 is 44.1. The molecule has 1 aromatic carbocycles. The molecule has 10 heteroatoms. The van der Waals surface area contributed by atoms with E-state index in [0.29, 0.717) is 16.7 Å². The SMILES string of the molecule is Cn1cc(Nc2ncc3cnn(Cc4c(F)ccc(F)c4F)c3n2)cn1. The molecule has 0 bridgehead atoms. The maximum Gasteiger partial charge on any atom is 0.229 e. The Morgan fingerprint density at radius 2 is 1.85 bits per heavy atom. The Kier molecular flexibility index (Phi) is 3.79. The Bertz CT molecular complexity index is 1100. The van der Waals surface area contributed by atoms with E-state index in [1.165, 1.54) is 17.1 Å². The number of halogens is 3. The highest BCUT2D eigenvalue weighted by Gasteiger charge is 2.16. The Hall–Kier alpha value is -3.43. The van der Waals surface area contributed by atoms with Gasteiger partial charge in [-0.3, -0.25) is 4.68 Å². The standard InChI is InChI=1S/C16H12F3N7/c1-25-7-10(6-21-25)23-16-20-4-9-5-22-26(15(9)24-16)8-11-12(17)2-3-13(18)14(11)19/h2-7H,8H2,1H3,(H,20,23,24). The van der Waals surface area contributed by atoms with E-state index >= 15 is 0 Å². The van der Waals surface area contributed by atoms with Crippen molar-refractivity contribution >= 4 is 22.7 Å². The number of anilines is 2. The van der Waals surface area contributed by atoms with Gasteiger partial charge in [-0.1, -0.05) is 0 Å². The molecule has 0 aliphatic rings. The van der Waals surface area contributed by atoms with Gasteiger partial charge in [0, 0.05) is 25.0 Å². The van der Waals surface area contributed by atoms with Gasteiger partial charge >= 0.3 is 0 Å². The summed E-state index contributed by atoms with van der Waals surface area (Å²) in [7, 11) is 1.77. The zero-order valence-corrected chi connectivity index (χ0v) is 13.5. The summed E-state index contributed by atoms with van der Waals surface area (Å²) in [6, 6.07) is 1.62. The summed E-state index contributed by atoms with van der Waals surface area (Å²) in [5.74, 6) is -2.94. The summed E-state index contributed by atoms with van der Waals surface area (Å²) in [6.45, 7) is -0.303. The number of aromatic nitrogens is 6. The summed E-state index contributed by atoms with van der Waals surface area (Å²) in [6.07, 6.45) is 6.34. The van der Waals surface area contributed by atoms with Crippen LogP contribution in [0.15, 0.2) is 36.9 Å². The summed E-state index contributed by atoms with van der Waals surface area (Å²) in [5, 5.41) is 11.7. The maximum absolute atomic E-state index is 13.9. The first-order valence-electron chi connectivity index (χ1n) is 7.58. The van der Waals surface area contributed by atoms with Crippen molar-refractivity contribution in [1.29, 1.82) is 0 Å². The smallest absolute Gasteiger partial charge is 0.229 e. The van der Waals surface area contributed by atoms with Crippen LogP contribution < -0.4 is 5.32 Å². The van der Waals surface area contributed by atoms with E-state index in [0.717, 1.165) is 12.1 Å². The Morgan fingerprint density at radius 3 is 2.62 bits per heavy atom. The lowest BCUT2D eigenvalue weighted by Gasteiger charge is -2.07. The quantitative estimate of drug-likeness (QED) is 0.567. The lowest BCUT2D eigenvalue weighted by atomic mass is 10.2. The molecule has 0 atom stereocenters. The molecular formula is C16H12F3N7. The molecule has 0 fully saturated rings. The van der Waals surface area contributed by atoms with Gasteiger partial charge < -0.3 is 5.32 Å². The minimum Gasteiger partial charge on any atom is -0.321 e. The second-order valence-electron chi connectivity index (χ2n) is 5.62. The van der Waals surface area contributed by atoms with Crippen LogP contribution in [0.5, 0.6) is 0 Å². The first-order valence-corrected chi connectivity index (χ1v) is 7.58. The van der Waals surface area contributed by atoms with Crippen molar-refractivity contribution in [2.45, 2.75) is 6.54 Å². The second kappa shape index (κ2) is 6.14. The van der Waals surface area contributed by atoms with Gasteiger partial charge in [0.2, 0.25) is 5.95 Å². The average molecular weight is 359 g/mol. The fourth-order valence-electron chi connectivity index (χ4n) is 2.52. The molecule has 132 valence electrons. The van der Waals surface area contributed by atoms with Crippen molar-refractivity contribution in [3.05, 3.63) is 59.9 Å². The van der Waals surface area contributed by atoms with E-state index in [4.69, 9.17) is 0 Å². The highest BCUT2D eigenvalue weighted by Crippen LogP contribution is 2.20. The molecule has 0 spiro atoms. The molecule has 0 aliphatic heterocycles. The first-order chi connectivity index (χ1) is 12.5. The molecule has 26 heavy (non-hydrogen) atoms. The predicted octanol–water partition coefficient (Wildman–Crippen LogP) is 2.77. The molecule has 4 rings (SSSR count). The molecule has 3 aromatic heterocycles. The normalized spacial score (nSPS) is 11.2. The Morgan fingerprint density at radius 1 is 1.04 bits per heavy atom. The van der Waals surface area contributed by atoms with Gasteiger partial charge in [0.1, 0.15) is 5.82 Å². The van der Waals surface area contributed by atoms with E-state index in [2.05, 4.69) is 25.5 Å². The van der Waals surface area contributed by atoms with Crippen molar-refractivity contribution in [2.24, 2.45) is 7.05 Å². The Labute approximate surface area is 145 Å². The minimum atomic E-state index is -1.24. The molecule has 7 nitrogen and oxygen atoms in total. The maximum atomic E-state index is 13.9. The zero-order valence-electron chi connectivity index (χ0n) is 13.5. The first kappa shape index (κ1) is 16.1. The molecule has 0 amide bonds. The van der Waals surface area contributed by atoms with Gasteiger partial charge in [-0.05, 0) is 12.1 Å². The zero-order chi connectivity index (χ0) is 18.3. The van der Waals surface area contributed by atoms with Gasteiger partial charge in [0.25, 0.3) is 0 Å². The molecule has 4 aromatic rings. The Balaban J connectivity index is 1.70. The van der Waals surface area contributed by atoms with Crippen molar-refractivity contribution in [1.82, 2.24) is 29.5 Å². The predicted molar refractivity (Wildman–Crippen MR) is 87.2 cm³/mol. The lowest BCUT2D eigenvalue weighted by Crippen LogP contribution is -2.09. The van der Waals surface area contributed by atoms with Crippen LogP contribution in [-0.4, -0.2) is 29.5 Å². The van der Waals surface area contributed by atoms with Crippen molar-refractivity contribution < 1.29 is 13.2 Å². The van der Waals surface area contributed by atoms with E-state index in [1.54, 1.807) is 24.1 Å². The summed E-state index contributed by atoms with van der Waals surface area (Å²) in [4.78, 5) is 8.48. The molecule has 0 radical (unpaired) electrons. The number of nitrogens with one attached hydrogen (secondary N) is 1. The number of fused-ring (bicyclic) bond motifs is 1. The number of hydrogen-bond donors (Lipinski definition) is 1. The third kappa shape index (κ3) is 2.85. The number of nitrogens with zero attached hydrogens (tertiary/aromatic N) is 6. The molecule has 0 unspecified atom stereocenters. The molecule has 1 N–H and O–H groups in total. The topological polar surface area (TPSA) is 73.5 Å². The van der Waals surface area contributed by atoms with Crippen molar-refractivity contribution in [2.75, 3.05) is 5.32 Å². The van der Waals surface area contributed by atoms with Gasteiger partial charge in [-0.15, -0.1) is 0 Å². The number of rotatable bonds is 4. The third-order valence-corrected chi connectivity index (χ3v) is 3.78. The van der Waals surface area contributed by atoms with Gasteiger partial charge in [0.05, 0.1) is 30.0 Å². The second-order valence-corrected chi connectivity index (χ2v) is 5.62. The number of aryl methyl sites for hydroxylation is 1. The van der Waals surface area contributed by atoms with Crippen LogP contribution in [0.25, 0.3) is 11.0 Å². The van der Waals surface area contributed by atoms with E-state index in [9.17, 15) is 13.2 Å². The number of benzene rings is 1. The van der Waals surface area contributed by atoms with Crippen LogP contribution in [0.2, 0.25) is 0 Å². The average Bonchev–Trinajstić information content (AvgIpc) is 3.21. The molecule has 3 heterocycles. The summed E-state index contributed by atoms with van der Waals surface area (Å²) >= 11 is 0. The van der Waals surface area contributed by atoms with Crippen molar-refractivity contribution in [3.8, 4) is 0 Å². The van der Waals surface area contributed by atoms with Crippen LogP contribution in [-0.2, 0) is 13.6 Å². The summed E-state index contributed by atoms with van der Waals surface area (Å²) in [5.41, 5.74) is 0.616. The monoisotopic (exact) mass is 359 g/mol. The van der Waals surface area contributed by atoms with Crippen LogP contribution in [0.1, 0.15) is 5.56 Å². The fourth-order valence-corrected chi connectivity index (χ4v) is 2.52. The fraction of sp³-hybridized carbons (Fsp3) is 0.125. The largest absolute Gasteiger partial charge is 0.321 e. The van der Waals surface area contributed by atoms with Gasteiger partial charge in [-0.2, -0.15) is 15.2 Å². The van der Waals surface area contributed by atoms with Crippen LogP contribution in [0.4, 0.5) is 24.8 Å². The molecule has 0 saturated carbocycles. The van der Waals surface area contributed by atoms with Gasteiger partial charge in [0.15, 0.2) is 17.3 Å². The van der Waals surface area contributed by atoms with E-state index in [1.807, 2.05) is 0 Å². The number of hydrogen-bond acceptors (Lipinski definition) is 5. The minimum absolute atomic E-state index is 0.271. The lowest BCUT2D eigenvalue weighted by molar-refractivity contribution is 0.471. The highest BCUT2D eigenvalue weighted by atomic mass is 19.2. The van der Waals surface area contributed by atoms with Crippen molar-refractivity contribution in [3.63, 3.8) is 0 Å². The van der Waals surface area contributed by atoms with E-state index in [-0.39, 0.29) is 12.5 Å². The molecule has 0 aliphatic carbocycles. The van der Waals surface area contributed by atoms with Gasteiger partial charge in [-0.25, -0.2) is 22.8 Å². The molecular weight excluding hydrogens is 347 g/mol. The van der Waals surface area contributed by atoms with Crippen LogP contribution >= 0.6 is 0 Å². The highest BCUT2D eigenvalue weighted by molar-refractivity contribution is 5.75.